The number of aromatic amines is 1. The van der Waals surface area contributed by atoms with Crippen molar-refractivity contribution < 1.29 is 9.53 Å². The first-order chi connectivity index (χ1) is 12.0. The van der Waals surface area contributed by atoms with Gasteiger partial charge in [-0.15, -0.1) is 0 Å². The van der Waals surface area contributed by atoms with Crippen LogP contribution in [0.3, 0.4) is 0 Å². The molecule has 25 heavy (non-hydrogen) atoms. The predicted octanol–water partition coefficient (Wildman–Crippen LogP) is 3.46. The molecule has 5 nitrogen and oxygen atoms in total. The summed E-state index contributed by atoms with van der Waals surface area (Å²) >= 11 is 6.03. The number of benzene rings is 2. The van der Waals surface area contributed by atoms with Crippen LogP contribution in [0.4, 0.5) is 0 Å². The minimum Gasteiger partial charge on any atom is -0.496 e. The van der Waals surface area contributed by atoms with Crippen LogP contribution in [0.1, 0.15) is 16.1 Å². The molecule has 0 aliphatic heterocycles. The molecular weight excluding hydrogens is 340 g/mol. The lowest BCUT2D eigenvalue weighted by Crippen LogP contribution is -2.28. The summed E-state index contributed by atoms with van der Waals surface area (Å²) in [5.41, 5.74) is 0.747. The van der Waals surface area contributed by atoms with Crippen molar-refractivity contribution in [3.8, 4) is 5.75 Å². The molecule has 1 N–H and O–H groups in total. The lowest BCUT2D eigenvalue weighted by Gasteiger charge is -2.19. The van der Waals surface area contributed by atoms with Crippen molar-refractivity contribution in [3.63, 3.8) is 0 Å². The fourth-order valence-electron chi connectivity index (χ4n) is 2.73. The summed E-state index contributed by atoms with van der Waals surface area (Å²) in [6.45, 7) is 0.303. The standard InChI is InChI=1S/C19H17ClN2O3/c1-22(11-13-9-14(20)7-8-17(13)25-2)19(24)16-10-12-5-3-4-6-15(12)18(23)21-16/h3-10H,11H2,1-2H3,(H,21,23). The minimum absolute atomic E-state index is 0.243. The second-order valence-electron chi connectivity index (χ2n) is 5.72. The molecule has 3 aromatic rings. The van der Waals surface area contributed by atoms with Gasteiger partial charge in [0.1, 0.15) is 11.4 Å². The Hall–Kier alpha value is -2.79. The number of carbonyl (C=O) groups is 1. The molecule has 0 spiro atoms. The van der Waals surface area contributed by atoms with Crippen LogP contribution in [0.25, 0.3) is 10.8 Å². The Balaban J connectivity index is 1.91. The second-order valence-corrected chi connectivity index (χ2v) is 6.15. The molecule has 0 saturated heterocycles. The highest BCUT2D eigenvalue weighted by atomic mass is 35.5. The highest BCUT2D eigenvalue weighted by Crippen LogP contribution is 2.24. The topological polar surface area (TPSA) is 62.4 Å². The number of nitrogens with one attached hydrogen (secondary N) is 1. The third kappa shape index (κ3) is 3.51. The second kappa shape index (κ2) is 6.99. The van der Waals surface area contributed by atoms with Gasteiger partial charge in [-0.2, -0.15) is 0 Å². The van der Waals surface area contributed by atoms with Crippen molar-refractivity contribution >= 4 is 28.3 Å². The van der Waals surface area contributed by atoms with E-state index in [0.717, 1.165) is 10.9 Å². The van der Waals surface area contributed by atoms with Crippen molar-refractivity contribution in [1.82, 2.24) is 9.88 Å². The van der Waals surface area contributed by atoms with Crippen LogP contribution >= 0.6 is 11.6 Å². The van der Waals surface area contributed by atoms with E-state index in [0.29, 0.717) is 22.7 Å². The van der Waals surface area contributed by atoms with Crippen LogP contribution in [-0.2, 0) is 6.54 Å². The largest absolute Gasteiger partial charge is 0.496 e. The zero-order valence-corrected chi connectivity index (χ0v) is 14.6. The monoisotopic (exact) mass is 356 g/mol. The van der Waals surface area contributed by atoms with E-state index in [1.54, 1.807) is 56.6 Å². The third-order valence-electron chi connectivity index (χ3n) is 3.98. The SMILES string of the molecule is COc1ccc(Cl)cc1CN(C)C(=O)c1cc2ccccc2c(=O)[nH]1. The number of pyridine rings is 1. The third-order valence-corrected chi connectivity index (χ3v) is 4.22. The Bertz CT molecular complexity index is 997. The van der Waals surface area contributed by atoms with Gasteiger partial charge in [-0.05, 0) is 35.7 Å². The Kier molecular flexibility index (Phi) is 4.76. The first kappa shape index (κ1) is 17.0. The molecule has 128 valence electrons. The van der Waals surface area contributed by atoms with Crippen LogP contribution in [0.15, 0.2) is 53.3 Å². The molecule has 0 bridgehead atoms. The molecule has 1 amide bonds. The summed E-state index contributed by atoms with van der Waals surface area (Å²) in [7, 11) is 3.23. The number of fused-ring (bicyclic) bond motifs is 1. The number of carbonyl (C=O) groups excluding carboxylic acids is 1. The van der Waals surface area contributed by atoms with Gasteiger partial charge in [-0.3, -0.25) is 9.59 Å². The van der Waals surface area contributed by atoms with Gasteiger partial charge in [0.15, 0.2) is 0 Å². The molecule has 0 unspecified atom stereocenters. The van der Waals surface area contributed by atoms with Gasteiger partial charge in [-0.1, -0.05) is 29.8 Å². The average molecular weight is 357 g/mol. The van der Waals surface area contributed by atoms with E-state index in [4.69, 9.17) is 16.3 Å². The number of amides is 1. The quantitative estimate of drug-likeness (QED) is 0.778. The lowest BCUT2D eigenvalue weighted by molar-refractivity contribution is 0.0778. The smallest absolute Gasteiger partial charge is 0.270 e. The summed E-state index contributed by atoms with van der Waals surface area (Å²) in [5, 5.41) is 1.84. The zero-order chi connectivity index (χ0) is 18.0. The number of halogens is 1. The Morgan fingerprint density at radius 1 is 1.20 bits per heavy atom. The molecule has 0 saturated carbocycles. The van der Waals surface area contributed by atoms with E-state index in [9.17, 15) is 9.59 Å². The normalized spacial score (nSPS) is 10.7. The summed E-state index contributed by atoms with van der Waals surface area (Å²) < 4.78 is 5.31. The van der Waals surface area contributed by atoms with E-state index in [1.807, 2.05) is 6.07 Å². The summed E-state index contributed by atoms with van der Waals surface area (Å²) in [4.78, 5) is 29.0. The Morgan fingerprint density at radius 3 is 2.72 bits per heavy atom. The molecule has 0 fully saturated rings. The van der Waals surface area contributed by atoms with Crippen LogP contribution in [0.5, 0.6) is 5.75 Å². The van der Waals surface area contributed by atoms with Crippen molar-refractivity contribution in [3.05, 3.63) is 75.2 Å². The lowest BCUT2D eigenvalue weighted by atomic mass is 10.1. The summed E-state index contributed by atoms with van der Waals surface area (Å²) in [6.07, 6.45) is 0. The van der Waals surface area contributed by atoms with E-state index in [2.05, 4.69) is 4.98 Å². The molecule has 1 aromatic heterocycles. The fourth-order valence-corrected chi connectivity index (χ4v) is 2.92. The highest BCUT2D eigenvalue weighted by Gasteiger charge is 2.16. The van der Waals surface area contributed by atoms with Crippen LogP contribution in [-0.4, -0.2) is 29.9 Å². The maximum Gasteiger partial charge on any atom is 0.270 e. The number of hydrogen-bond donors (Lipinski definition) is 1. The summed E-state index contributed by atoms with van der Waals surface area (Å²) in [6, 6.07) is 14.1. The number of nitrogens with zero attached hydrogens (tertiary/aromatic N) is 1. The van der Waals surface area contributed by atoms with Gasteiger partial charge >= 0.3 is 0 Å². The van der Waals surface area contributed by atoms with E-state index in [1.165, 1.54) is 4.90 Å². The van der Waals surface area contributed by atoms with Gasteiger partial charge in [0.2, 0.25) is 0 Å². The van der Waals surface area contributed by atoms with E-state index < -0.39 is 0 Å². The summed E-state index contributed by atoms with van der Waals surface area (Å²) in [5.74, 6) is 0.362. The van der Waals surface area contributed by atoms with Gasteiger partial charge < -0.3 is 14.6 Å². The molecule has 0 aliphatic carbocycles. The molecule has 2 aromatic carbocycles. The van der Waals surface area contributed by atoms with Gasteiger partial charge in [-0.25, -0.2) is 0 Å². The number of methoxy groups -OCH3 is 1. The Morgan fingerprint density at radius 2 is 1.96 bits per heavy atom. The van der Waals surface area contributed by atoms with Crippen LogP contribution < -0.4 is 10.3 Å². The molecule has 1 heterocycles. The predicted molar refractivity (Wildman–Crippen MR) is 98.4 cm³/mol. The molecular formula is C19H17ClN2O3. The van der Waals surface area contributed by atoms with Crippen LogP contribution in [0.2, 0.25) is 5.02 Å². The molecule has 6 heteroatoms. The minimum atomic E-state index is -0.287. The molecule has 0 aliphatic rings. The van der Waals surface area contributed by atoms with Gasteiger partial charge in [0.05, 0.1) is 7.11 Å². The van der Waals surface area contributed by atoms with Crippen molar-refractivity contribution in [2.24, 2.45) is 0 Å². The zero-order valence-electron chi connectivity index (χ0n) is 13.9. The van der Waals surface area contributed by atoms with Gasteiger partial charge in [0.25, 0.3) is 11.5 Å². The molecule has 0 atom stereocenters. The van der Waals surface area contributed by atoms with Gasteiger partial charge in [0, 0.05) is 29.6 Å². The van der Waals surface area contributed by atoms with E-state index in [-0.39, 0.29) is 17.2 Å². The van der Waals surface area contributed by atoms with E-state index >= 15 is 0 Å². The highest BCUT2D eigenvalue weighted by molar-refractivity contribution is 6.30. The maximum absolute atomic E-state index is 12.7. The molecule has 3 rings (SSSR count). The number of aromatic nitrogens is 1. The maximum atomic E-state index is 12.7. The van der Waals surface area contributed by atoms with Crippen molar-refractivity contribution in [1.29, 1.82) is 0 Å². The van der Waals surface area contributed by atoms with Crippen molar-refractivity contribution in [2.45, 2.75) is 6.54 Å². The number of H-pyrrole nitrogens is 1. The van der Waals surface area contributed by atoms with Crippen molar-refractivity contribution in [2.75, 3.05) is 14.2 Å². The first-order valence-electron chi connectivity index (χ1n) is 7.69. The number of rotatable bonds is 4. The first-order valence-corrected chi connectivity index (χ1v) is 8.07. The number of ether oxygens (including phenoxy) is 1. The fraction of sp³-hybridized carbons (Fsp3) is 0.158. The van der Waals surface area contributed by atoms with Crippen LogP contribution in [0, 0.1) is 0 Å². The molecule has 0 radical (unpaired) electrons. The number of hydrogen-bond acceptors (Lipinski definition) is 3. The average Bonchev–Trinajstić information content (AvgIpc) is 2.61. The Labute approximate surface area is 149 Å².